The van der Waals surface area contributed by atoms with E-state index >= 15 is 0 Å². The Morgan fingerprint density at radius 1 is 1.24 bits per heavy atom. The van der Waals surface area contributed by atoms with Gasteiger partial charge < -0.3 is 14.7 Å². The van der Waals surface area contributed by atoms with E-state index in [9.17, 15) is 5.11 Å². The van der Waals surface area contributed by atoms with Crippen molar-refractivity contribution in [2.75, 3.05) is 37.6 Å². The van der Waals surface area contributed by atoms with Crippen molar-refractivity contribution in [3.05, 3.63) is 47.9 Å². The second-order valence-electron chi connectivity index (χ2n) is 6.87. The number of piperazine rings is 1. The Morgan fingerprint density at radius 3 is 2.84 bits per heavy atom. The van der Waals surface area contributed by atoms with E-state index in [2.05, 4.69) is 32.8 Å². The number of aliphatic hydroxyl groups is 1. The molecule has 6 nitrogen and oxygen atoms in total. The summed E-state index contributed by atoms with van der Waals surface area (Å²) in [6.07, 6.45) is 5.91. The quantitative estimate of drug-likeness (QED) is 0.913. The highest BCUT2D eigenvalue weighted by Gasteiger charge is 2.23. The van der Waals surface area contributed by atoms with Gasteiger partial charge in [-0.1, -0.05) is 6.07 Å². The van der Waals surface area contributed by atoms with Crippen molar-refractivity contribution in [1.82, 2.24) is 14.9 Å². The molecule has 2 aliphatic rings. The molecule has 0 saturated carbocycles. The first kappa shape index (κ1) is 16.3. The highest BCUT2D eigenvalue weighted by molar-refractivity contribution is 5.41. The number of benzene rings is 1. The van der Waals surface area contributed by atoms with Gasteiger partial charge in [-0.3, -0.25) is 9.88 Å². The second kappa shape index (κ2) is 6.98. The summed E-state index contributed by atoms with van der Waals surface area (Å²) < 4.78 is 5.74. The Bertz CT molecular complexity index is 717. The van der Waals surface area contributed by atoms with E-state index in [4.69, 9.17) is 4.74 Å². The van der Waals surface area contributed by atoms with Gasteiger partial charge in [0.15, 0.2) is 0 Å². The van der Waals surface area contributed by atoms with Gasteiger partial charge in [0, 0.05) is 51.5 Å². The van der Waals surface area contributed by atoms with Gasteiger partial charge in [0.2, 0.25) is 0 Å². The molecular formula is C19H24N4O2. The van der Waals surface area contributed by atoms with E-state index in [0.29, 0.717) is 6.54 Å². The number of ether oxygens (including phenoxy) is 1. The lowest BCUT2D eigenvalue weighted by molar-refractivity contribution is 0.109. The third-order valence-electron chi connectivity index (χ3n) is 4.98. The van der Waals surface area contributed by atoms with Gasteiger partial charge in [0.1, 0.15) is 17.7 Å². The number of aromatic nitrogens is 2. The maximum absolute atomic E-state index is 10.6. The molecule has 0 aliphatic carbocycles. The van der Waals surface area contributed by atoms with Crippen LogP contribution >= 0.6 is 0 Å². The SMILES string of the molecule is C[C@@H]1Cc2cc([C@@H](O)CN3CCN(c4cnccn4)CC3)ccc2O1. The number of nitrogens with zero attached hydrogens (tertiary/aromatic N) is 4. The van der Waals surface area contributed by atoms with Gasteiger partial charge in [0.25, 0.3) is 0 Å². The standard InChI is InChI=1S/C19H24N4O2/c1-14-10-16-11-15(2-3-18(16)25-14)17(24)13-22-6-8-23(9-7-22)19-12-20-4-5-21-19/h2-5,11-12,14,17,24H,6-10,13H2,1H3/t14-,17+/m1/s1. The molecular weight excluding hydrogens is 316 g/mol. The van der Waals surface area contributed by atoms with Crippen LogP contribution in [0.2, 0.25) is 0 Å². The molecule has 6 heteroatoms. The fourth-order valence-corrected chi connectivity index (χ4v) is 3.61. The molecule has 4 rings (SSSR count). The first-order valence-electron chi connectivity index (χ1n) is 8.90. The van der Waals surface area contributed by atoms with E-state index in [1.54, 1.807) is 18.6 Å². The first-order valence-corrected chi connectivity index (χ1v) is 8.90. The van der Waals surface area contributed by atoms with Crippen LogP contribution in [0.1, 0.15) is 24.2 Å². The summed E-state index contributed by atoms with van der Waals surface area (Å²) in [4.78, 5) is 13.0. The van der Waals surface area contributed by atoms with Gasteiger partial charge in [-0.25, -0.2) is 4.98 Å². The molecule has 0 bridgehead atoms. The van der Waals surface area contributed by atoms with Crippen LogP contribution in [0.3, 0.4) is 0 Å². The van der Waals surface area contributed by atoms with Gasteiger partial charge in [-0.05, 0) is 30.2 Å². The largest absolute Gasteiger partial charge is 0.490 e. The first-order chi connectivity index (χ1) is 12.2. The Balaban J connectivity index is 1.33. The Labute approximate surface area is 148 Å². The highest BCUT2D eigenvalue weighted by Crippen LogP contribution is 2.31. The van der Waals surface area contributed by atoms with Crippen molar-refractivity contribution in [3.8, 4) is 5.75 Å². The number of fused-ring (bicyclic) bond motifs is 1. The molecule has 132 valence electrons. The topological polar surface area (TPSA) is 61.7 Å². The Morgan fingerprint density at radius 2 is 2.08 bits per heavy atom. The molecule has 1 N–H and O–H groups in total. The number of aliphatic hydroxyl groups excluding tert-OH is 1. The maximum Gasteiger partial charge on any atom is 0.147 e. The summed E-state index contributed by atoms with van der Waals surface area (Å²) in [5, 5.41) is 10.6. The molecule has 1 fully saturated rings. The van der Waals surface area contributed by atoms with Crippen LogP contribution in [-0.2, 0) is 6.42 Å². The molecule has 2 atom stereocenters. The summed E-state index contributed by atoms with van der Waals surface area (Å²) in [7, 11) is 0. The molecule has 3 heterocycles. The number of rotatable bonds is 4. The minimum Gasteiger partial charge on any atom is -0.490 e. The number of anilines is 1. The second-order valence-corrected chi connectivity index (χ2v) is 6.87. The number of β-amino-alcohol motifs (C(OH)–C–C–N with tert-alkyl or cyclic N) is 1. The molecule has 0 radical (unpaired) electrons. The van der Waals surface area contributed by atoms with Crippen molar-refractivity contribution in [2.45, 2.75) is 25.6 Å². The van der Waals surface area contributed by atoms with Crippen molar-refractivity contribution in [3.63, 3.8) is 0 Å². The van der Waals surface area contributed by atoms with Crippen LogP contribution in [0.4, 0.5) is 5.82 Å². The summed E-state index contributed by atoms with van der Waals surface area (Å²) >= 11 is 0. The molecule has 0 amide bonds. The zero-order valence-electron chi connectivity index (χ0n) is 14.5. The Kier molecular flexibility index (Phi) is 4.55. The minimum absolute atomic E-state index is 0.233. The average molecular weight is 340 g/mol. The molecule has 25 heavy (non-hydrogen) atoms. The van der Waals surface area contributed by atoms with E-state index in [-0.39, 0.29) is 6.10 Å². The number of hydrogen-bond donors (Lipinski definition) is 1. The zero-order valence-corrected chi connectivity index (χ0v) is 14.5. The molecule has 1 aromatic carbocycles. The summed E-state index contributed by atoms with van der Waals surface area (Å²) in [5.74, 6) is 1.89. The van der Waals surface area contributed by atoms with Crippen LogP contribution in [-0.4, -0.2) is 58.8 Å². The molecule has 1 saturated heterocycles. The third-order valence-corrected chi connectivity index (χ3v) is 4.98. The predicted molar refractivity (Wildman–Crippen MR) is 95.9 cm³/mol. The highest BCUT2D eigenvalue weighted by atomic mass is 16.5. The molecule has 0 spiro atoms. The minimum atomic E-state index is -0.468. The van der Waals surface area contributed by atoms with Gasteiger partial charge in [-0.15, -0.1) is 0 Å². The lowest BCUT2D eigenvalue weighted by Crippen LogP contribution is -2.47. The fourth-order valence-electron chi connectivity index (χ4n) is 3.61. The smallest absolute Gasteiger partial charge is 0.147 e. The monoisotopic (exact) mass is 340 g/mol. The van der Waals surface area contributed by atoms with E-state index < -0.39 is 6.10 Å². The number of hydrogen-bond acceptors (Lipinski definition) is 6. The molecule has 1 aromatic heterocycles. The van der Waals surface area contributed by atoms with Crippen LogP contribution < -0.4 is 9.64 Å². The molecule has 0 unspecified atom stereocenters. The van der Waals surface area contributed by atoms with Gasteiger partial charge in [0.05, 0.1) is 12.3 Å². The normalized spacial score (nSPS) is 21.7. The van der Waals surface area contributed by atoms with Crippen LogP contribution in [0.25, 0.3) is 0 Å². The summed E-state index contributed by atoms with van der Waals surface area (Å²) in [6, 6.07) is 6.07. The van der Waals surface area contributed by atoms with Crippen molar-refractivity contribution >= 4 is 5.82 Å². The van der Waals surface area contributed by atoms with Crippen LogP contribution in [0, 0.1) is 0 Å². The van der Waals surface area contributed by atoms with Crippen LogP contribution in [0.15, 0.2) is 36.8 Å². The third kappa shape index (κ3) is 3.60. The fraction of sp³-hybridized carbons (Fsp3) is 0.474. The Hall–Kier alpha value is -2.18. The average Bonchev–Trinajstić information content (AvgIpc) is 3.02. The van der Waals surface area contributed by atoms with Crippen molar-refractivity contribution < 1.29 is 9.84 Å². The predicted octanol–water partition coefficient (Wildman–Crippen LogP) is 1.66. The van der Waals surface area contributed by atoms with E-state index in [1.807, 2.05) is 12.1 Å². The maximum atomic E-state index is 10.6. The molecule has 2 aromatic rings. The van der Waals surface area contributed by atoms with Gasteiger partial charge in [-0.2, -0.15) is 0 Å². The molecule has 2 aliphatic heterocycles. The zero-order chi connectivity index (χ0) is 17.2. The summed E-state index contributed by atoms with van der Waals surface area (Å²) in [5.41, 5.74) is 2.18. The summed E-state index contributed by atoms with van der Waals surface area (Å²) in [6.45, 7) is 6.37. The van der Waals surface area contributed by atoms with E-state index in [0.717, 1.165) is 49.7 Å². The van der Waals surface area contributed by atoms with Crippen LogP contribution in [0.5, 0.6) is 5.75 Å². The lowest BCUT2D eigenvalue weighted by Gasteiger charge is -2.36. The van der Waals surface area contributed by atoms with Crippen molar-refractivity contribution in [1.29, 1.82) is 0 Å². The van der Waals surface area contributed by atoms with Gasteiger partial charge >= 0.3 is 0 Å². The lowest BCUT2D eigenvalue weighted by atomic mass is 10.0. The van der Waals surface area contributed by atoms with E-state index in [1.165, 1.54) is 5.56 Å². The van der Waals surface area contributed by atoms with Crippen molar-refractivity contribution in [2.24, 2.45) is 0 Å².